The van der Waals surface area contributed by atoms with Gasteiger partial charge in [0.05, 0.1) is 5.56 Å². The van der Waals surface area contributed by atoms with Gasteiger partial charge in [0.2, 0.25) is 0 Å². The van der Waals surface area contributed by atoms with E-state index in [4.69, 9.17) is 4.74 Å². The van der Waals surface area contributed by atoms with Gasteiger partial charge in [0, 0.05) is 24.4 Å². The number of carbonyl (C=O) groups is 2. The standard InChI is InChI=1S/C26H19F2NO3/c27-24-13-17(14-25(28)22(24)15-30)7-5-6-12-29-26(31)32-16-23-20-10-3-1-8-18(20)19-9-2-4-11-21(19)23/h1-4,8-11,13-15,23H,6,12,16H2,(H,29,31). The van der Waals surface area contributed by atoms with E-state index in [-0.39, 0.29) is 37.3 Å². The molecule has 3 aromatic rings. The highest BCUT2D eigenvalue weighted by molar-refractivity contribution is 5.79. The lowest BCUT2D eigenvalue weighted by Gasteiger charge is -2.14. The fraction of sp³-hybridized carbons (Fsp3) is 0.154. The quantitative estimate of drug-likeness (QED) is 0.349. The lowest BCUT2D eigenvalue weighted by Crippen LogP contribution is -2.26. The van der Waals surface area contributed by atoms with Crippen molar-refractivity contribution in [3.63, 3.8) is 0 Å². The molecule has 0 saturated heterocycles. The predicted octanol–water partition coefficient (Wildman–Crippen LogP) is 5.06. The number of hydrogen-bond acceptors (Lipinski definition) is 3. The Bertz CT molecular complexity index is 1170. The van der Waals surface area contributed by atoms with Crippen molar-refractivity contribution < 1.29 is 23.1 Å². The molecular weight excluding hydrogens is 412 g/mol. The second-order valence-electron chi connectivity index (χ2n) is 7.28. The van der Waals surface area contributed by atoms with Gasteiger partial charge in [-0.25, -0.2) is 13.6 Å². The minimum atomic E-state index is -0.957. The van der Waals surface area contributed by atoms with E-state index in [1.807, 2.05) is 36.4 Å². The predicted molar refractivity (Wildman–Crippen MR) is 116 cm³/mol. The summed E-state index contributed by atoms with van der Waals surface area (Å²) in [5, 5.41) is 2.62. The SMILES string of the molecule is O=Cc1c(F)cc(C#CCCNC(=O)OCC2c3ccccc3-c3ccccc32)cc1F. The molecule has 32 heavy (non-hydrogen) atoms. The highest BCUT2D eigenvalue weighted by Crippen LogP contribution is 2.44. The van der Waals surface area contributed by atoms with Crippen LogP contribution >= 0.6 is 0 Å². The van der Waals surface area contributed by atoms with Crippen molar-refractivity contribution in [2.75, 3.05) is 13.2 Å². The Balaban J connectivity index is 1.29. The molecule has 4 nitrogen and oxygen atoms in total. The van der Waals surface area contributed by atoms with Crippen LogP contribution in [0.5, 0.6) is 0 Å². The minimum Gasteiger partial charge on any atom is -0.449 e. The molecule has 1 aliphatic carbocycles. The third kappa shape index (κ3) is 4.37. The zero-order chi connectivity index (χ0) is 22.5. The molecule has 0 atom stereocenters. The summed E-state index contributed by atoms with van der Waals surface area (Å²) in [4.78, 5) is 22.7. The fourth-order valence-electron chi connectivity index (χ4n) is 3.81. The summed E-state index contributed by atoms with van der Waals surface area (Å²) in [7, 11) is 0. The number of alkyl carbamates (subject to hydrolysis) is 1. The third-order valence-electron chi connectivity index (χ3n) is 5.29. The number of carbonyl (C=O) groups excluding carboxylic acids is 2. The number of hydrogen-bond donors (Lipinski definition) is 1. The van der Waals surface area contributed by atoms with Crippen LogP contribution in [0.2, 0.25) is 0 Å². The second kappa shape index (κ2) is 9.44. The number of benzene rings is 3. The molecule has 0 aliphatic heterocycles. The van der Waals surface area contributed by atoms with Gasteiger partial charge in [0.1, 0.15) is 18.2 Å². The molecule has 6 heteroatoms. The van der Waals surface area contributed by atoms with Crippen LogP contribution in [0.15, 0.2) is 60.7 Å². The average Bonchev–Trinajstić information content (AvgIpc) is 3.11. The van der Waals surface area contributed by atoms with Gasteiger partial charge >= 0.3 is 6.09 Å². The number of halogens is 2. The maximum absolute atomic E-state index is 13.6. The number of nitrogens with one attached hydrogen (secondary N) is 1. The fourth-order valence-corrected chi connectivity index (χ4v) is 3.81. The first kappa shape index (κ1) is 21.3. The smallest absolute Gasteiger partial charge is 0.407 e. The van der Waals surface area contributed by atoms with Crippen molar-refractivity contribution in [3.05, 3.63) is 94.6 Å². The van der Waals surface area contributed by atoms with Crippen LogP contribution < -0.4 is 5.32 Å². The monoisotopic (exact) mass is 431 g/mol. The van der Waals surface area contributed by atoms with Crippen LogP contribution in [0.4, 0.5) is 13.6 Å². The summed E-state index contributed by atoms with van der Waals surface area (Å²) in [5.41, 5.74) is 4.07. The Morgan fingerprint density at radius 2 is 1.59 bits per heavy atom. The summed E-state index contributed by atoms with van der Waals surface area (Å²) in [6.45, 7) is 0.439. The van der Waals surface area contributed by atoms with Crippen LogP contribution in [-0.4, -0.2) is 25.5 Å². The highest BCUT2D eigenvalue weighted by atomic mass is 19.1. The molecule has 0 bridgehead atoms. The van der Waals surface area contributed by atoms with Gasteiger partial charge in [0.25, 0.3) is 0 Å². The van der Waals surface area contributed by atoms with E-state index in [1.54, 1.807) is 0 Å². The van der Waals surface area contributed by atoms with Crippen LogP contribution in [0.3, 0.4) is 0 Å². The highest BCUT2D eigenvalue weighted by Gasteiger charge is 2.28. The van der Waals surface area contributed by atoms with Gasteiger partial charge in [-0.05, 0) is 34.4 Å². The maximum atomic E-state index is 13.6. The van der Waals surface area contributed by atoms with E-state index >= 15 is 0 Å². The molecule has 0 aromatic heterocycles. The lowest BCUT2D eigenvalue weighted by molar-refractivity contribution is 0.111. The van der Waals surface area contributed by atoms with Crippen LogP contribution in [0.1, 0.15) is 39.4 Å². The van der Waals surface area contributed by atoms with Crippen molar-refractivity contribution in [2.24, 2.45) is 0 Å². The van der Waals surface area contributed by atoms with Gasteiger partial charge in [0.15, 0.2) is 6.29 Å². The Labute approximate surface area is 184 Å². The van der Waals surface area contributed by atoms with E-state index in [1.165, 1.54) is 0 Å². The largest absolute Gasteiger partial charge is 0.449 e. The summed E-state index contributed by atoms with van der Waals surface area (Å²) >= 11 is 0. The van der Waals surface area contributed by atoms with E-state index < -0.39 is 23.3 Å². The number of amides is 1. The number of ether oxygens (including phenoxy) is 1. The Hall–Kier alpha value is -3.98. The van der Waals surface area contributed by atoms with Crippen LogP contribution in [-0.2, 0) is 4.74 Å². The van der Waals surface area contributed by atoms with Gasteiger partial charge in [-0.2, -0.15) is 0 Å². The van der Waals surface area contributed by atoms with Crippen molar-refractivity contribution in [1.82, 2.24) is 5.32 Å². The molecule has 0 unspecified atom stereocenters. The number of aldehydes is 1. The van der Waals surface area contributed by atoms with Crippen molar-refractivity contribution in [2.45, 2.75) is 12.3 Å². The molecule has 3 aromatic carbocycles. The zero-order valence-electron chi connectivity index (χ0n) is 17.0. The van der Waals surface area contributed by atoms with E-state index in [0.29, 0.717) is 0 Å². The molecule has 4 rings (SSSR count). The van der Waals surface area contributed by atoms with Crippen molar-refractivity contribution >= 4 is 12.4 Å². The summed E-state index contributed by atoms with van der Waals surface area (Å²) in [6, 6.07) is 18.2. The van der Waals surface area contributed by atoms with Gasteiger partial charge in [-0.3, -0.25) is 4.79 Å². The molecule has 0 fully saturated rings. The molecular formula is C26H19F2NO3. The molecule has 0 saturated carbocycles. The van der Waals surface area contributed by atoms with E-state index in [0.717, 1.165) is 34.4 Å². The first-order chi connectivity index (χ1) is 15.6. The first-order valence-electron chi connectivity index (χ1n) is 10.1. The zero-order valence-corrected chi connectivity index (χ0v) is 17.0. The van der Waals surface area contributed by atoms with Crippen LogP contribution in [0, 0.1) is 23.5 Å². The maximum Gasteiger partial charge on any atom is 0.407 e. The summed E-state index contributed by atoms with van der Waals surface area (Å²) in [5.74, 6) is 3.41. The van der Waals surface area contributed by atoms with Gasteiger partial charge in [-0.15, -0.1) is 0 Å². The average molecular weight is 431 g/mol. The molecule has 0 spiro atoms. The Morgan fingerprint density at radius 1 is 1.00 bits per heavy atom. The number of fused-ring (bicyclic) bond motifs is 3. The van der Waals surface area contributed by atoms with Gasteiger partial charge in [-0.1, -0.05) is 60.4 Å². The normalized spacial score (nSPS) is 11.7. The lowest BCUT2D eigenvalue weighted by atomic mass is 9.98. The van der Waals surface area contributed by atoms with E-state index in [9.17, 15) is 18.4 Å². The van der Waals surface area contributed by atoms with Crippen molar-refractivity contribution in [1.29, 1.82) is 0 Å². The summed E-state index contributed by atoms with van der Waals surface area (Å²) < 4.78 is 32.6. The van der Waals surface area contributed by atoms with Crippen LogP contribution in [0.25, 0.3) is 11.1 Å². The molecule has 1 aliphatic rings. The first-order valence-corrected chi connectivity index (χ1v) is 10.1. The number of rotatable bonds is 5. The molecule has 1 N–H and O–H groups in total. The Morgan fingerprint density at radius 3 is 2.19 bits per heavy atom. The minimum absolute atomic E-state index is 0.0212. The van der Waals surface area contributed by atoms with E-state index in [2.05, 4.69) is 29.3 Å². The third-order valence-corrected chi connectivity index (χ3v) is 5.29. The topological polar surface area (TPSA) is 55.4 Å². The molecule has 1 amide bonds. The molecule has 0 heterocycles. The van der Waals surface area contributed by atoms with Gasteiger partial charge < -0.3 is 10.1 Å². The second-order valence-corrected chi connectivity index (χ2v) is 7.28. The van der Waals surface area contributed by atoms with Crippen molar-refractivity contribution in [3.8, 4) is 23.0 Å². The molecule has 160 valence electrons. The molecule has 0 radical (unpaired) electrons. The summed E-state index contributed by atoms with van der Waals surface area (Å²) in [6.07, 6.45) is -0.163. The Kier molecular flexibility index (Phi) is 6.27.